The van der Waals surface area contributed by atoms with Crippen molar-refractivity contribution < 1.29 is 9.53 Å². The number of likely N-dealkylation sites (tertiary alicyclic amines) is 1. The average Bonchev–Trinajstić information content (AvgIpc) is 2.74. The van der Waals surface area contributed by atoms with E-state index in [2.05, 4.69) is 4.98 Å². The molecule has 0 radical (unpaired) electrons. The molecule has 0 N–H and O–H groups in total. The van der Waals surface area contributed by atoms with E-state index in [0.717, 1.165) is 35.4 Å². The SMILES string of the molecule is CSc1ccccc1C(=O)N1CCC2(CC1)OCCc1cnc(N(C)C)nc12. The van der Waals surface area contributed by atoms with Crippen molar-refractivity contribution in [2.75, 3.05) is 44.9 Å². The zero-order valence-electron chi connectivity index (χ0n) is 16.6. The highest BCUT2D eigenvalue weighted by Crippen LogP contribution is 2.41. The van der Waals surface area contributed by atoms with E-state index in [1.807, 2.05) is 60.6 Å². The van der Waals surface area contributed by atoms with Crippen molar-refractivity contribution in [1.82, 2.24) is 14.9 Å². The predicted molar refractivity (Wildman–Crippen MR) is 111 cm³/mol. The van der Waals surface area contributed by atoms with Crippen LogP contribution in [0.25, 0.3) is 0 Å². The molecule has 7 heteroatoms. The van der Waals surface area contributed by atoms with E-state index in [9.17, 15) is 4.79 Å². The minimum Gasteiger partial charge on any atom is -0.368 e. The number of piperidine rings is 1. The van der Waals surface area contributed by atoms with Crippen LogP contribution >= 0.6 is 11.8 Å². The van der Waals surface area contributed by atoms with Crippen LogP contribution in [0.3, 0.4) is 0 Å². The van der Waals surface area contributed by atoms with Crippen molar-refractivity contribution in [3.05, 3.63) is 47.3 Å². The van der Waals surface area contributed by atoms with Gasteiger partial charge in [0.1, 0.15) is 5.60 Å². The Hall–Kier alpha value is -2.12. The fourth-order valence-electron chi connectivity index (χ4n) is 4.06. The number of thioether (sulfide) groups is 1. The number of hydrogen-bond acceptors (Lipinski definition) is 6. The van der Waals surface area contributed by atoms with E-state index in [1.165, 1.54) is 5.56 Å². The van der Waals surface area contributed by atoms with Crippen LogP contribution in [0.1, 0.15) is 34.5 Å². The molecule has 1 saturated heterocycles. The van der Waals surface area contributed by atoms with Crippen LogP contribution < -0.4 is 4.90 Å². The summed E-state index contributed by atoms with van der Waals surface area (Å²) in [5, 5.41) is 0. The first-order valence-electron chi connectivity index (χ1n) is 9.64. The van der Waals surface area contributed by atoms with Crippen molar-refractivity contribution in [2.45, 2.75) is 29.8 Å². The van der Waals surface area contributed by atoms with Gasteiger partial charge in [-0.2, -0.15) is 0 Å². The van der Waals surface area contributed by atoms with Crippen LogP contribution in [-0.2, 0) is 16.8 Å². The molecule has 0 atom stereocenters. The van der Waals surface area contributed by atoms with Crippen molar-refractivity contribution >= 4 is 23.6 Å². The second-order valence-electron chi connectivity index (χ2n) is 7.52. The van der Waals surface area contributed by atoms with E-state index < -0.39 is 5.60 Å². The summed E-state index contributed by atoms with van der Waals surface area (Å²) < 4.78 is 6.30. The first-order valence-corrected chi connectivity index (χ1v) is 10.9. The van der Waals surface area contributed by atoms with Gasteiger partial charge in [0.15, 0.2) is 0 Å². The van der Waals surface area contributed by atoms with E-state index >= 15 is 0 Å². The maximum atomic E-state index is 13.1. The first-order chi connectivity index (χ1) is 13.5. The van der Waals surface area contributed by atoms with Crippen LogP contribution in [0.5, 0.6) is 0 Å². The molecule has 3 heterocycles. The first kappa shape index (κ1) is 19.2. The molecule has 0 saturated carbocycles. The molecule has 0 aliphatic carbocycles. The molecule has 2 aliphatic heterocycles. The summed E-state index contributed by atoms with van der Waals surface area (Å²) in [4.78, 5) is 27.3. The van der Waals surface area contributed by atoms with Crippen LogP contribution in [-0.4, -0.2) is 60.8 Å². The molecule has 28 heavy (non-hydrogen) atoms. The highest BCUT2D eigenvalue weighted by Gasteiger charge is 2.43. The number of hydrogen-bond donors (Lipinski definition) is 0. The summed E-state index contributed by atoms with van der Waals surface area (Å²) in [6.45, 7) is 2.02. The van der Waals surface area contributed by atoms with Crippen molar-refractivity contribution in [1.29, 1.82) is 0 Å². The average molecular weight is 399 g/mol. The number of fused-ring (bicyclic) bond motifs is 2. The summed E-state index contributed by atoms with van der Waals surface area (Å²) in [6, 6.07) is 7.83. The van der Waals surface area contributed by atoms with Crippen molar-refractivity contribution in [3.63, 3.8) is 0 Å². The van der Waals surface area contributed by atoms with Gasteiger partial charge >= 0.3 is 0 Å². The van der Waals surface area contributed by atoms with Gasteiger partial charge in [0.05, 0.1) is 17.9 Å². The number of amides is 1. The third-order valence-corrected chi connectivity index (χ3v) is 6.42. The molecule has 1 aromatic heterocycles. The summed E-state index contributed by atoms with van der Waals surface area (Å²) >= 11 is 1.61. The quantitative estimate of drug-likeness (QED) is 0.741. The lowest BCUT2D eigenvalue weighted by Crippen LogP contribution is -2.49. The van der Waals surface area contributed by atoms with Gasteiger partial charge in [0, 0.05) is 38.3 Å². The molecule has 1 aromatic carbocycles. The smallest absolute Gasteiger partial charge is 0.254 e. The topological polar surface area (TPSA) is 58.6 Å². The number of nitrogens with zero attached hydrogens (tertiary/aromatic N) is 4. The maximum Gasteiger partial charge on any atom is 0.254 e. The largest absolute Gasteiger partial charge is 0.368 e. The minimum atomic E-state index is -0.406. The highest BCUT2D eigenvalue weighted by molar-refractivity contribution is 7.98. The second kappa shape index (κ2) is 7.72. The Bertz CT molecular complexity index is 878. The molecule has 1 amide bonds. The fraction of sp³-hybridized carbons (Fsp3) is 0.476. The van der Waals surface area contributed by atoms with Gasteiger partial charge in [-0.3, -0.25) is 4.79 Å². The lowest BCUT2D eigenvalue weighted by atomic mass is 9.83. The molecule has 148 valence electrons. The van der Waals surface area contributed by atoms with Gasteiger partial charge in [-0.25, -0.2) is 9.97 Å². The van der Waals surface area contributed by atoms with Crippen LogP contribution in [0.2, 0.25) is 0 Å². The van der Waals surface area contributed by atoms with E-state index in [0.29, 0.717) is 25.6 Å². The molecule has 0 bridgehead atoms. The number of carbonyl (C=O) groups is 1. The van der Waals surface area contributed by atoms with Gasteiger partial charge in [-0.1, -0.05) is 12.1 Å². The number of aromatic nitrogens is 2. The minimum absolute atomic E-state index is 0.104. The summed E-state index contributed by atoms with van der Waals surface area (Å²) in [5.74, 6) is 0.809. The van der Waals surface area contributed by atoms with Crippen LogP contribution in [0.15, 0.2) is 35.4 Å². The Balaban J connectivity index is 1.56. The maximum absolute atomic E-state index is 13.1. The third kappa shape index (κ3) is 3.37. The van der Waals surface area contributed by atoms with Crippen molar-refractivity contribution in [2.24, 2.45) is 0 Å². The van der Waals surface area contributed by atoms with Gasteiger partial charge in [-0.15, -0.1) is 11.8 Å². The predicted octanol–water partition coefficient (Wildman–Crippen LogP) is 2.97. The van der Waals surface area contributed by atoms with E-state index in [1.54, 1.807) is 11.8 Å². The van der Waals surface area contributed by atoms with E-state index in [4.69, 9.17) is 9.72 Å². The summed E-state index contributed by atoms with van der Waals surface area (Å²) in [7, 11) is 3.89. The second-order valence-corrected chi connectivity index (χ2v) is 8.37. The Morgan fingerprint density at radius 1 is 1.25 bits per heavy atom. The van der Waals surface area contributed by atoms with Crippen molar-refractivity contribution in [3.8, 4) is 0 Å². The van der Waals surface area contributed by atoms with Gasteiger partial charge in [0.2, 0.25) is 5.95 Å². The number of carbonyl (C=O) groups excluding carboxylic acids is 1. The molecular weight excluding hydrogens is 372 g/mol. The standard InChI is InChI=1S/C21H26N4O2S/c1-24(2)20-22-14-15-8-13-27-21(18(15)23-20)9-11-25(12-10-21)19(26)16-6-4-5-7-17(16)28-3/h4-7,14H,8-13H2,1-3H3. The summed E-state index contributed by atoms with van der Waals surface area (Å²) in [5.41, 5.74) is 2.56. The fourth-order valence-corrected chi connectivity index (χ4v) is 4.65. The Kier molecular flexibility index (Phi) is 5.29. The van der Waals surface area contributed by atoms with Gasteiger partial charge in [0.25, 0.3) is 5.91 Å². The Labute approximate surface area is 170 Å². The molecule has 2 aromatic rings. The van der Waals surface area contributed by atoms with Crippen LogP contribution in [0.4, 0.5) is 5.95 Å². The molecule has 1 spiro atoms. The Morgan fingerprint density at radius 3 is 2.71 bits per heavy atom. The number of ether oxygens (including phenoxy) is 1. The van der Waals surface area contributed by atoms with E-state index in [-0.39, 0.29) is 5.91 Å². The molecule has 2 aliphatic rings. The Morgan fingerprint density at radius 2 is 2.00 bits per heavy atom. The number of benzene rings is 1. The molecular formula is C21H26N4O2S. The molecule has 6 nitrogen and oxygen atoms in total. The zero-order valence-corrected chi connectivity index (χ0v) is 17.5. The molecule has 0 unspecified atom stereocenters. The zero-order chi connectivity index (χ0) is 19.7. The normalized spacial score (nSPS) is 18.0. The lowest BCUT2D eigenvalue weighted by molar-refractivity contribution is -0.0967. The van der Waals surface area contributed by atoms with Gasteiger partial charge < -0.3 is 14.5 Å². The van der Waals surface area contributed by atoms with Crippen LogP contribution in [0, 0.1) is 0 Å². The molecule has 4 rings (SSSR count). The number of anilines is 1. The molecule has 1 fully saturated rings. The lowest BCUT2D eigenvalue weighted by Gasteiger charge is -2.44. The highest BCUT2D eigenvalue weighted by atomic mass is 32.2. The number of rotatable bonds is 3. The third-order valence-electron chi connectivity index (χ3n) is 5.63. The van der Waals surface area contributed by atoms with Gasteiger partial charge in [-0.05, 0) is 43.2 Å². The summed E-state index contributed by atoms with van der Waals surface area (Å²) in [6.07, 6.45) is 6.31. The monoisotopic (exact) mass is 398 g/mol.